The molecule has 1 heterocycles. The van der Waals surface area contributed by atoms with Gasteiger partial charge in [0.25, 0.3) is 0 Å². The van der Waals surface area contributed by atoms with Crippen molar-refractivity contribution < 1.29 is 0 Å². The summed E-state index contributed by atoms with van der Waals surface area (Å²) < 4.78 is 0. The van der Waals surface area contributed by atoms with Gasteiger partial charge < -0.3 is 5.73 Å². The van der Waals surface area contributed by atoms with E-state index < -0.39 is 0 Å². The Balaban J connectivity index is 1.70. The number of thioether (sulfide) groups is 1. The minimum atomic E-state index is 0.395. The summed E-state index contributed by atoms with van der Waals surface area (Å²) >= 11 is 1.97. The number of benzene rings is 1. The molecule has 96 valence electrons. The Morgan fingerprint density at radius 2 is 2.17 bits per heavy atom. The SMILES string of the molecule is Cc1ccccc1CC1=NC2CCC(N)CC2S1. The van der Waals surface area contributed by atoms with Crippen molar-refractivity contribution in [2.24, 2.45) is 10.7 Å². The summed E-state index contributed by atoms with van der Waals surface area (Å²) in [5, 5.41) is 1.96. The first-order valence-electron chi connectivity index (χ1n) is 6.76. The van der Waals surface area contributed by atoms with Gasteiger partial charge in [-0.3, -0.25) is 4.99 Å². The zero-order valence-electron chi connectivity index (χ0n) is 10.8. The van der Waals surface area contributed by atoms with Gasteiger partial charge in [-0.05, 0) is 37.3 Å². The highest BCUT2D eigenvalue weighted by Gasteiger charge is 2.34. The predicted molar refractivity (Wildman–Crippen MR) is 79.3 cm³/mol. The fourth-order valence-electron chi connectivity index (χ4n) is 2.87. The van der Waals surface area contributed by atoms with Crippen molar-refractivity contribution in [2.45, 2.75) is 49.9 Å². The lowest BCUT2D eigenvalue weighted by Crippen LogP contribution is -2.35. The summed E-state index contributed by atoms with van der Waals surface area (Å²) in [6.07, 6.45) is 4.45. The lowest BCUT2D eigenvalue weighted by atomic mass is 9.92. The van der Waals surface area contributed by atoms with Gasteiger partial charge >= 0.3 is 0 Å². The highest BCUT2D eigenvalue weighted by molar-refractivity contribution is 8.14. The molecule has 0 amide bonds. The van der Waals surface area contributed by atoms with E-state index in [9.17, 15) is 0 Å². The van der Waals surface area contributed by atoms with Crippen LogP contribution in [0.25, 0.3) is 0 Å². The van der Waals surface area contributed by atoms with E-state index in [2.05, 4.69) is 31.2 Å². The molecule has 1 fully saturated rings. The molecule has 1 saturated carbocycles. The van der Waals surface area contributed by atoms with Crippen molar-refractivity contribution in [3.05, 3.63) is 35.4 Å². The van der Waals surface area contributed by atoms with Gasteiger partial charge in [-0.25, -0.2) is 0 Å². The van der Waals surface area contributed by atoms with Crippen molar-refractivity contribution in [2.75, 3.05) is 0 Å². The molecule has 2 N–H and O–H groups in total. The highest BCUT2D eigenvalue weighted by atomic mass is 32.2. The molecule has 3 rings (SSSR count). The summed E-state index contributed by atoms with van der Waals surface area (Å²) in [5.41, 5.74) is 8.83. The van der Waals surface area contributed by atoms with E-state index in [-0.39, 0.29) is 0 Å². The first-order chi connectivity index (χ1) is 8.72. The quantitative estimate of drug-likeness (QED) is 0.888. The Morgan fingerprint density at radius 3 is 3.00 bits per heavy atom. The number of aliphatic imine (C=N–C) groups is 1. The van der Waals surface area contributed by atoms with Crippen LogP contribution in [-0.2, 0) is 6.42 Å². The van der Waals surface area contributed by atoms with Gasteiger partial charge in [-0.15, -0.1) is 11.8 Å². The summed E-state index contributed by atoms with van der Waals surface area (Å²) in [5.74, 6) is 0. The van der Waals surface area contributed by atoms with Gasteiger partial charge in [0.2, 0.25) is 0 Å². The Bertz CT molecular complexity index is 469. The van der Waals surface area contributed by atoms with Crippen molar-refractivity contribution in [1.82, 2.24) is 0 Å². The van der Waals surface area contributed by atoms with Crippen LogP contribution in [0.5, 0.6) is 0 Å². The van der Waals surface area contributed by atoms with E-state index in [1.165, 1.54) is 22.6 Å². The molecule has 3 heteroatoms. The van der Waals surface area contributed by atoms with E-state index in [0.29, 0.717) is 17.3 Å². The molecular formula is C15H20N2S. The fourth-order valence-corrected chi connectivity index (χ4v) is 4.35. The van der Waals surface area contributed by atoms with E-state index in [0.717, 1.165) is 19.3 Å². The van der Waals surface area contributed by atoms with Gasteiger partial charge in [-0.1, -0.05) is 24.3 Å². The Labute approximate surface area is 113 Å². The monoisotopic (exact) mass is 260 g/mol. The molecule has 1 aliphatic carbocycles. The topological polar surface area (TPSA) is 38.4 Å². The zero-order chi connectivity index (χ0) is 12.5. The second-order valence-electron chi connectivity index (χ2n) is 5.42. The second kappa shape index (κ2) is 5.06. The van der Waals surface area contributed by atoms with Crippen LogP contribution in [0.2, 0.25) is 0 Å². The number of aryl methyl sites for hydroxylation is 1. The molecule has 0 spiro atoms. The first-order valence-corrected chi connectivity index (χ1v) is 7.64. The molecule has 2 nitrogen and oxygen atoms in total. The Hall–Kier alpha value is -0.800. The molecule has 3 atom stereocenters. The van der Waals surface area contributed by atoms with Crippen LogP contribution in [0.15, 0.2) is 29.3 Å². The average molecular weight is 260 g/mol. The number of hydrogen-bond donors (Lipinski definition) is 1. The smallest absolute Gasteiger partial charge is 0.0727 e. The number of fused-ring (bicyclic) bond motifs is 1. The Kier molecular flexibility index (Phi) is 3.44. The van der Waals surface area contributed by atoms with Crippen molar-refractivity contribution in [1.29, 1.82) is 0 Å². The lowest BCUT2D eigenvalue weighted by Gasteiger charge is -2.27. The number of nitrogens with zero attached hydrogens (tertiary/aromatic N) is 1. The summed E-state index contributed by atoms with van der Waals surface area (Å²) in [7, 11) is 0. The van der Waals surface area contributed by atoms with Gasteiger partial charge in [0, 0.05) is 17.7 Å². The van der Waals surface area contributed by atoms with Crippen LogP contribution in [0, 0.1) is 6.92 Å². The van der Waals surface area contributed by atoms with Crippen molar-refractivity contribution >= 4 is 16.8 Å². The van der Waals surface area contributed by atoms with Crippen molar-refractivity contribution in [3.8, 4) is 0 Å². The van der Waals surface area contributed by atoms with Crippen molar-refractivity contribution in [3.63, 3.8) is 0 Å². The minimum absolute atomic E-state index is 0.395. The lowest BCUT2D eigenvalue weighted by molar-refractivity contribution is 0.411. The summed E-state index contributed by atoms with van der Waals surface area (Å²) in [6, 6.07) is 9.54. The normalized spacial score (nSPS) is 31.0. The van der Waals surface area contributed by atoms with Crippen LogP contribution >= 0.6 is 11.8 Å². The highest BCUT2D eigenvalue weighted by Crippen LogP contribution is 2.37. The van der Waals surface area contributed by atoms with E-state index >= 15 is 0 Å². The van der Waals surface area contributed by atoms with Crippen LogP contribution in [0.3, 0.4) is 0 Å². The van der Waals surface area contributed by atoms with E-state index in [1.54, 1.807) is 0 Å². The molecule has 18 heavy (non-hydrogen) atoms. The van der Waals surface area contributed by atoms with E-state index in [4.69, 9.17) is 10.7 Å². The van der Waals surface area contributed by atoms with Gasteiger partial charge in [0.05, 0.1) is 11.1 Å². The molecule has 1 aliphatic heterocycles. The first kappa shape index (κ1) is 12.2. The number of rotatable bonds is 2. The van der Waals surface area contributed by atoms with Crippen LogP contribution in [-0.4, -0.2) is 22.4 Å². The Morgan fingerprint density at radius 1 is 1.33 bits per heavy atom. The molecule has 0 bridgehead atoms. The molecular weight excluding hydrogens is 240 g/mol. The third kappa shape index (κ3) is 2.47. The number of nitrogens with two attached hydrogens (primary N) is 1. The van der Waals surface area contributed by atoms with Gasteiger partial charge in [0.15, 0.2) is 0 Å². The predicted octanol–water partition coefficient (Wildman–Crippen LogP) is 2.93. The molecule has 0 aromatic heterocycles. The molecule has 3 unspecified atom stereocenters. The molecule has 1 aromatic rings. The zero-order valence-corrected chi connectivity index (χ0v) is 11.6. The van der Waals surface area contributed by atoms with Crippen LogP contribution < -0.4 is 5.73 Å². The largest absolute Gasteiger partial charge is 0.328 e. The number of hydrogen-bond acceptors (Lipinski definition) is 3. The molecule has 2 aliphatic rings. The van der Waals surface area contributed by atoms with E-state index in [1.807, 2.05) is 11.8 Å². The van der Waals surface area contributed by atoms with Gasteiger partial charge in [0.1, 0.15) is 0 Å². The van der Waals surface area contributed by atoms with Crippen LogP contribution in [0.4, 0.5) is 0 Å². The standard InChI is InChI=1S/C15H20N2S/c1-10-4-2-3-5-11(10)8-15-17-13-7-6-12(16)9-14(13)18-15/h2-5,12-14H,6-9,16H2,1H3. The minimum Gasteiger partial charge on any atom is -0.328 e. The third-order valence-electron chi connectivity index (χ3n) is 4.00. The summed E-state index contributed by atoms with van der Waals surface area (Å²) in [4.78, 5) is 4.90. The average Bonchev–Trinajstić information content (AvgIpc) is 2.73. The molecule has 1 aromatic carbocycles. The van der Waals surface area contributed by atoms with Crippen LogP contribution in [0.1, 0.15) is 30.4 Å². The maximum absolute atomic E-state index is 6.05. The van der Waals surface area contributed by atoms with Gasteiger partial charge in [-0.2, -0.15) is 0 Å². The molecule has 0 radical (unpaired) electrons. The third-order valence-corrected chi connectivity index (χ3v) is 5.33. The second-order valence-corrected chi connectivity index (χ2v) is 6.74. The maximum atomic E-state index is 6.05. The maximum Gasteiger partial charge on any atom is 0.0727 e. The fraction of sp³-hybridized carbons (Fsp3) is 0.533. The summed E-state index contributed by atoms with van der Waals surface area (Å²) in [6.45, 7) is 2.18. The molecule has 0 saturated heterocycles.